The van der Waals surface area contributed by atoms with E-state index in [1.54, 1.807) is 0 Å². The van der Waals surface area contributed by atoms with Gasteiger partial charge in [0.1, 0.15) is 0 Å². The number of nitrogens with two attached hydrogens (primary N) is 1. The highest BCUT2D eigenvalue weighted by atomic mass is 32.2. The lowest BCUT2D eigenvalue weighted by Gasteiger charge is -2.24. The fourth-order valence-electron chi connectivity index (χ4n) is 2.12. The van der Waals surface area contributed by atoms with Gasteiger partial charge in [0.2, 0.25) is 5.96 Å². The number of nitrogens with one attached hydrogen (secondary N) is 2. The van der Waals surface area contributed by atoms with Crippen molar-refractivity contribution in [2.75, 3.05) is 19.3 Å². The highest BCUT2D eigenvalue weighted by Gasteiger charge is 2.32. The van der Waals surface area contributed by atoms with Gasteiger partial charge >= 0.3 is 0 Å². The van der Waals surface area contributed by atoms with Crippen LogP contribution >= 0.6 is 11.8 Å². The van der Waals surface area contributed by atoms with Crippen LogP contribution in [-0.2, 0) is 0 Å². The Morgan fingerprint density at radius 1 is 1.41 bits per heavy atom. The quantitative estimate of drug-likeness (QED) is 0.304. The summed E-state index contributed by atoms with van der Waals surface area (Å²) >= 11 is 1.95. The Morgan fingerprint density at radius 3 is 2.53 bits per heavy atom. The lowest BCUT2D eigenvalue weighted by atomic mass is 10.1. The minimum atomic E-state index is 0.349. The average Bonchev–Trinajstić information content (AvgIpc) is 2.78. The monoisotopic (exact) mass is 258 g/mol. The first-order chi connectivity index (χ1) is 8.12. The van der Waals surface area contributed by atoms with E-state index in [2.05, 4.69) is 35.8 Å². The fourth-order valence-corrected chi connectivity index (χ4v) is 3.01. The topological polar surface area (TPSA) is 62.4 Å². The summed E-state index contributed by atoms with van der Waals surface area (Å²) in [4.78, 5) is 4.59. The minimum Gasteiger partial charge on any atom is -0.355 e. The van der Waals surface area contributed by atoms with Gasteiger partial charge in [0.05, 0.1) is 6.54 Å². The number of hydrazine groups is 1. The molecule has 5 heteroatoms. The number of nitrogens with zero attached hydrogens (tertiary/aromatic N) is 1. The molecule has 4 nitrogen and oxygen atoms in total. The van der Waals surface area contributed by atoms with Crippen molar-refractivity contribution in [3.8, 4) is 0 Å². The van der Waals surface area contributed by atoms with E-state index >= 15 is 0 Å². The van der Waals surface area contributed by atoms with Gasteiger partial charge in [-0.25, -0.2) is 5.84 Å². The molecule has 4 N–H and O–H groups in total. The molecule has 0 heterocycles. The average molecular weight is 258 g/mol. The summed E-state index contributed by atoms with van der Waals surface area (Å²) < 4.78 is 0.349. The van der Waals surface area contributed by atoms with Crippen molar-refractivity contribution in [3.05, 3.63) is 0 Å². The minimum absolute atomic E-state index is 0.349. The van der Waals surface area contributed by atoms with Crippen molar-refractivity contribution in [1.82, 2.24) is 10.7 Å². The molecule has 0 aromatic carbocycles. The van der Waals surface area contributed by atoms with E-state index in [-0.39, 0.29) is 0 Å². The highest BCUT2D eigenvalue weighted by Crippen LogP contribution is 2.40. The van der Waals surface area contributed by atoms with Crippen LogP contribution < -0.4 is 16.6 Å². The Labute approximate surface area is 109 Å². The lowest BCUT2D eigenvalue weighted by Crippen LogP contribution is -2.43. The molecule has 0 aliphatic heterocycles. The summed E-state index contributed by atoms with van der Waals surface area (Å²) in [6.07, 6.45) is 7.42. The van der Waals surface area contributed by atoms with Crippen molar-refractivity contribution >= 4 is 17.7 Å². The van der Waals surface area contributed by atoms with Crippen LogP contribution in [0.2, 0.25) is 0 Å². The van der Waals surface area contributed by atoms with Crippen molar-refractivity contribution in [1.29, 1.82) is 0 Å². The summed E-state index contributed by atoms with van der Waals surface area (Å²) in [7, 11) is 0. The lowest BCUT2D eigenvalue weighted by molar-refractivity contribution is 0.599. The summed E-state index contributed by atoms with van der Waals surface area (Å²) in [5.41, 5.74) is 2.65. The normalized spacial score (nSPS) is 19.7. The molecule has 0 aromatic heterocycles. The number of hydrogen-bond acceptors (Lipinski definition) is 3. The van der Waals surface area contributed by atoms with Crippen LogP contribution in [0.5, 0.6) is 0 Å². The third-order valence-electron chi connectivity index (χ3n) is 3.29. The second-order valence-corrected chi connectivity index (χ2v) is 6.45. The first-order valence-electron chi connectivity index (χ1n) is 6.42. The zero-order chi connectivity index (χ0) is 12.7. The van der Waals surface area contributed by atoms with E-state index < -0.39 is 0 Å². The van der Waals surface area contributed by atoms with E-state index in [9.17, 15) is 0 Å². The summed E-state index contributed by atoms with van der Waals surface area (Å²) in [5.74, 6) is 6.79. The maximum Gasteiger partial charge on any atom is 0.205 e. The molecule has 1 aliphatic carbocycles. The third-order valence-corrected chi connectivity index (χ3v) is 4.69. The van der Waals surface area contributed by atoms with Gasteiger partial charge < -0.3 is 5.32 Å². The smallest absolute Gasteiger partial charge is 0.205 e. The molecule has 1 aliphatic rings. The van der Waals surface area contributed by atoms with Gasteiger partial charge in [0, 0.05) is 11.3 Å². The van der Waals surface area contributed by atoms with E-state index in [1.807, 2.05) is 11.8 Å². The molecule has 0 saturated heterocycles. The molecule has 0 bridgehead atoms. The van der Waals surface area contributed by atoms with Crippen LogP contribution in [0.4, 0.5) is 0 Å². The number of aliphatic imine (C=N–C) groups is 1. The Balaban J connectivity index is 2.47. The molecule has 1 saturated carbocycles. The van der Waals surface area contributed by atoms with Crippen LogP contribution in [0.1, 0.15) is 39.5 Å². The molecular formula is C12H26N4S. The van der Waals surface area contributed by atoms with Gasteiger partial charge in [0.25, 0.3) is 0 Å². The summed E-state index contributed by atoms with van der Waals surface area (Å²) in [6, 6.07) is 0. The van der Waals surface area contributed by atoms with Crippen LogP contribution in [0.15, 0.2) is 4.99 Å². The molecule has 0 spiro atoms. The number of thioether (sulfide) groups is 1. The predicted molar refractivity (Wildman–Crippen MR) is 77.2 cm³/mol. The largest absolute Gasteiger partial charge is 0.355 e. The van der Waals surface area contributed by atoms with Gasteiger partial charge in [-0.3, -0.25) is 10.4 Å². The van der Waals surface area contributed by atoms with Crippen LogP contribution in [0, 0.1) is 5.92 Å². The summed E-state index contributed by atoms with van der Waals surface area (Å²) in [5, 5.41) is 3.24. The van der Waals surface area contributed by atoms with Gasteiger partial charge in [-0.15, -0.1) is 0 Å². The van der Waals surface area contributed by atoms with E-state index in [0.717, 1.165) is 19.0 Å². The Hall–Kier alpha value is -0.420. The van der Waals surface area contributed by atoms with Crippen LogP contribution in [0.3, 0.4) is 0 Å². The second-order valence-electron chi connectivity index (χ2n) is 5.18. The Morgan fingerprint density at radius 2 is 2.06 bits per heavy atom. The molecule has 0 amide bonds. The molecule has 0 radical (unpaired) electrons. The highest BCUT2D eigenvalue weighted by molar-refractivity contribution is 8.00. The van der Waals surface area contributed by atoms with E-state index in [1.165, 1.54) is 25.7 Å². The molecule has 1 fully saturated rings. The third kappa shape index (κ3) is 4.76. The molecular weight excluding hydrogens is 232 g/mol. The first-order valence-corrected chi connectivity index (χ1v) is 7.64. The molecule has 0 unspecified atom stereocenters. The number of hydrogen-bond donors (Lipinski definition) is 3. The zero-order valence-corrected chi connectivity index (χ0v) is 12.1. The molecule has 1 rings (SSSR count). The Bertz CT molecular complexity index is 247. The fraction of sp³-hybridized carbons (Fsp3) is 0.917. The van der Waals surface area contributed by atoms with Gasteiger partial charge in [-0.05, 0) is 25.0 Å². The second kappa shape index (κ2) is 7.11. The Kier molecular flexibility index (Phi) is 6.12. The number of guanidine groups is 1. The number of rotatable bonds is 5. The van der Waals surface area contributed by atoms with Crippen LogP contribution in [0.25, 0.3) is 0 Å². The predicted octanol–water partition coefficient (Wildman–Crippen LogP) is 1.73. The van der Waals surface area contributed by atoms with Gasteiger partial charge in [-0.1, -0.05) is 26.7 Å². The standard InChI is InChI=1S/C12H26N4S/c1-10(2)8-14-11(16-13)15-9-12(17-3)6-4-5-7-12/h10H,4-9,13H2,1-3H3,(H2,14,15,16). The molecule has 0 atom stereocenters. The van der Waals surface area contributed by atoms with E-state index in [4.69, 9.17) is 5.84 Å². The molecule has 0 aromatic rings. The van der Waals surface area contributed by atoms with Gasteiger partial charge in [-0.2, -0.15) is 11.8 Å². The van der Waals surface area contributed by atoms with Crippen molar-refractivity contribution in [2.45, 2.75) is 44.3 Å². The first kappa shape index (κ1) is 14.6. The SMILES string of the molecule is CSC1(CN=C(NN)NCC(C)C)CCCC1. The van der Waals surface area contributed by atoms with E-state index in [0.29, 0.717) is 10.7 Å². The zero-order valence-electron chi connectivity index (χ0n) is 11.3. The maximum absolute atomic E-state index is 5.48. The summed E-state index contributed by atoms with van der Waals surface area (Å²) in [6.45, 7) is 6.09. The maximum atomic E-state index is 5.48. The molecule has 100 valence electrons. The van der Waals surface area contributed by atoms with Crippen molar-refractivity contribution in [3.63, 3.8) is 0 Å². The molecule has 17 heavy (non-hydrogen) atoms. The van der Waals surface area contributed by atoms with Crippen LogP contribution in [-0.4, -0.2) is 30.1 Å². The van der Waals surface area contributed by atoms with Crippen molar-refractivity contribution in [2.24, 2.45) is 16.8 Å². The van der Waals surface area contributed by atoms with Gasteiger partial charge in [0.15, 0.2) is 0 Å². The van der Waals surface area contributed by atoms with Crippen molar-refractivity contribution < 1.29 is 0 Å².